The summed E-state index contributed by atoms with van der Waals surface area (Å²) in [4.78, 5) is 29.7. The molecule has 3 aromatic heterocycles. The average molecular weight is 506 g/mol. The normalized spacial score (nSPS) is 13.0. The van der Waals surface area contributed by atoms with Crippen molar-refractivity contribution in [2.45, 2.75) is 32.2 Å². The first kappa shape index (κ1) is 23.6. The number of amides is 1. The maximum atomic E-state index is 13.1. The highest BCUT2D eigenvalue weighted by atomic mass is 32.1. The monoisotopic (exact) mass is 505 g/mol. The highest BCUT2D eigenvalue weighted by Gasteiger charge is 2.25. The lowest BCUT2D eigenvalue weighted by Gasteiger charge is -2.12. The Kier molecular flexibility index (Phi) is 6.68. The minimum Gasteiger partial charge on any atom is -0.496 e. The number of nitrogens with one attached hydrogen (secondary N) is 1. The molecule has 9 nitrogen and oxygen atoms in total. The number of nitrogens with zero attached hydrogens (tertiary/aromatic N) is 2. The van der Waals surface area contributed by atoms with E-state index in [2.05, 4.69) is 10.3 Å². The number of carbonyl (C=O) groups is 1. The van der Waals surface area contributed by atoms with Crippen molar-refractivity contribution in [1.82, 2.24) is 5.32 Å². The minimum atomic E-state index is -0.467. The van der Waals surface area contributed by atoms with Crippen LogP contribution in [0.1, 0.15) is 45.2 Å². The van der Waals surface area contributed by atoms with E-state index in [1.165, 1.54) is 41.5 Å². The molecule has 0 atom stereocenters. The van der Waals surface area contributed by atoms with Crippen LogP contribution in [0.3, 0.4) is 0 Å². The number of fused-ring (bicyclic) bond motifs is 1. The summed E-state index contributed by atoms with van der Waals surface area (Å²) in [6.07, 6.45) is 7.06. The van der Waals surface area contributed by atoms with Gasteiger partial charge >= 0.3 is 0 Å². The summed E-state index contributed by atoms with van der Waals surface area (Å²) in [7, 11) is 1.49. The SMILES string of the molecule is COc1ccc([N+](=O)[O-])cc1-c1ccc(C=Nc2sc3c(c2C(=O)NCc2ccco2)CCCC3)o1. The van der Waals surface area contributed by atoms with Crippen LogP contribution in [0.4, 0.5) is 10.7 Å². The third-order valence-electron chi connectivity index (χ3n) is 5.98. The molecular formula is C26H23N3O6S. The lowest BCUT2D eigenvalue weighted by Crippen LogP contribution is -2.23. The molecule has 1 amide bonds. The summed E-state index contributed by atoms with van der Waals surface area (Å²) >= 11 is 1.53. The molecule has 36 heavy (non-hydrogen) atoms. The van der Waals surface area contributed by atoms with Gasteiger partial charge in [-0.05, 0) is 61.6 Å². The first-order chi connectivity index (χ1) is 17.5. The van der Waals surface area contributed by atoms with Crippen molar-refractivity contribution < 1.29 is 23.3 Å². The number of non-ortho nitro benzene ring substituents is 1. The number of methoxy groups -OCH3 is 1. The molecule has 1 N–H and O–H groups in total. The van der Waals surface area contributed by atoms with Gasteiger partial charge in [-0.25, -0.2) is 4.99 Å². The van der Waals surface area contributed by atoms with Gasteiger partial charge in [-0.15, -0.1) is 11.3 Å². The number of thiophene rings is 1. The van der Waals surface area contributed by atoms with Crippen LogP contribution >= 0.6 is 11.3 Å². The molecule has 184 valence electrons. The number of benzene rings is 1. The number of hydrogen-bond acceptors (Lipinski definition) is 8. The summed E-state index contributed by atoms with van der Waals surface area (Å²) in [6.45, 7) is 0.298. The van der Waals surface area contributed by atoms with Crippen LogP contribution in [0.2, 0.25) is 0 Å². The van der Waals surface area contributed by atoms with Gasteiger partial charge in [0.25, 0.3) is 11.6 Å². The van der Waals surface area contributed by atoms with E-state index in [0.717, 1.165) is 31.2 Å². The molecule has 0 aliphatic heterocycles. The zero-order valence-corrected chi connectivity index (χ0v) is 20.3. The van der Waals surface area contributed by atoms with E-state index < -0.39 is 4.92 Å². The van der Waals surface area contributed by atoms with Crippen LogP contribution in [0.15, 0.2) is 62.6 Å². The Labute approximate surface area is 210 Å². The van der Waals surface area contributed by atoms with Crippen molar-refractivity contribution in [2.24, 2.45) is 4.99 Å². The molecule has 4 aromatic rings. The van der Waals surface area contributed by atoms with Gasteiger partial charge < -0.3 is 18.9 Å². The Bertz CT molecular complexity index is 1430. The van der Waals surface area contributed by atoms with Crippen LogP contribution in [0, 0.1) is 10.1 Å². The van der Waals surface area contributed by atoms with Crippen molar-refractivity contribution in [2.75, 3.05) is 7.11 Å². The van der Waals surface area contributed by atoms with E-state index >= 15 is 0 Å². The van der Waals surface area contributed by atoms with Crippen LogP contribution < -0.4 is 10.1 Å². The third kappa shape index (κ3) is 4.80. The number of furan rings is 2. The highest BCUT2D eigenvalue weighted by molar-refractivity contribution is 7.16. The number of nitro benzene ring substituents is 1. The maximum absolute atomic E-state index is 13.1. The largest absolute Gasteiger partial charge is 0.496 e. The standard InChI is InChI=1S/C26H23N3O6S/c1-33-21-10-8-16(29(31)32)13-20(21)22-11-9-18(35-22)15-28-26-24(19-6-2-3-7-23(19)36-26)25(30)27-14-17-5-4-12-34-17/h4-5,8-13,15H,2-3,6-7,14H2,1H3,(H,27,30). The van der Waals surface area contributed by atoms with Crippen LogP contribution in [0.5, 0.6) is 5.75 Å². The van der Waals surface area contributed by atoms with E-state index in [-0.39, 0.29) is 11.6 Å². The van der Waals surface area contributed by atoms with Gasteiger partial charge in [-0.3, -0.25) is 14.9 Å². The predicted octanol–water partition coefficient (Wildman–Crippen LogP) is 6.08. The maximum Gasteiger partial charge on any atom is 0.270 e. The Morgan fingerprint density at radius 2 is 2.11 bits per heavy atom. The molecule has 10 heteroatoms. The fourth-order valence-electron chi connectivity index (χ4n) is 4.24. The number of carbonyl (C=O) groups excluding carboxylic acids is 1. The molecule has 0 radical (unpaired) electrons. The van der Waals surface area contributed by atoms with Crippen molar-refractivity contribution in [3.63, 3.8) is 0 Å². The smallest absolute Gasteiger partial charge is 0.270 e. The Balaban J connectivity index is 1.42. The van der Waals surface area contributed by atoms with Crippen LogP contribution in [0.25, 0.3) is 11.3 Å². The number of rotatable bonds is 8. The quantitative estimate of drug-likeness (QED) is 0.176. The molecule has 0 spiro atoms. The lowest BCUT2D eigenvalue weighted by atomic mass is 9.95. The zero-order chi connectivity index (χ0) is 25.1. The summed E-state index contributed by atoms with van der Waals surface area (Å²) in [5, 5.41) is 14.8. The number of aliphatic imine (C=N–C) groups is 1. The topological polar surface area (TPSA) is 120 Å². The fourth-order valence-corrected chi connectivity index (χ4v) is 5.47. The van der Waals surface area contributed by atoms with Crippen LogP contribution in [-0.4, -0.2) is 24.2 Å². The van der Waals surface area contributed by atoms with Gasteiger partial charge in [0, 0.05) is 17.0 Å². The molecule has 0 unspecified atom stereocenters. The molecule has 5 rings (SSSR count). The van der Waals surface area contributed by atoms with E-state index in [1.54, 1.807) is 30.7 Å². The van der Waals surface area contributed by atoms with Gasteiger partial charge in [-0.1, -0.05) is 0 Å². The molecule has 0 bridgehead atoms. The second-order valence-electron chi connectivity index (χ2n) is 8.26. The number of ether oxygens (including phenoxy) is 1. The van der Waals surface area contributed by atoms with E-state index in [9.17, 15) is 14.9 Å². The van der Waals surface area contributed by atoms with Gasteiger partial charge in [0.1, 0.15) is 28.0 Å². The highest BCUT2D eigenvalue weighted by Crippen LogP contribution is 2.40. The van der Waals surface area contributed by atoms with Crippen LogP contribution in [-0.2, 0) is 19.4 Å². The van der Waals surface area contributed by atoms with Crippen molar-refractivity contribution in [3.8, 4) is 17.1 Å². The fraction of sp³-hybridized carbons (Fsp3) is 0.231. The minimum absolute atomic E-state index is 0.0632. The van der Waals surface area contributed by atoms with Crippen molar-refractivity contribution in [3.05, 3.63) is 86.4 Å². The molecule has 3 heterocycles. The number of aryl methyl sites for hydroxylation is 1. The lowest BCUT2D eigenvalue weighted by molar-refractivity contribution is -0.384. The average Bonchev–Trinajstić information content (AvgIpc) is 3.65. The summed E-state index contributed by atoms with van der Waals surface area (Å²) in [6, 6.07) is 11.4. The van der Waals surface area contributed by atoms with Gasteiger partial charge in [0.05, 0.1) is 42.2 Å². The first-order valence-corrected chi connectivity index (χ1v) is 12.3. The van der Waals surface area contributed by atoms with Gasteiger partial charge in [0.2, 0.25) is 0 Å². The predicted molar refractivity (Wildman–Crippen MR) is 135 cm³/mol. The second-order valence-corrected chi connectivity index (χ2v) is 9.34. The summed E-state index contributed by atoms with van der Waals surface area (Å²) < 4.78 is 16.6. The van der Waals surface area contributed by atoms with Crippen molar-refractivity contribution in [1.29, 1.82) is 0 Å². The first-order valence-electron chi connectivity index (χ1n) is 11.5. The number of hydrogen-bond donors (Lipinski definition) is 1. The molecular weight excluding hydrogens is 482 g/mol. The molecule has 0 saturated heterocycles. The van der Waals surface area contributed by atoms with E-state index in [4.69, 9.17) is 13.6 Å². The molecule has 0 saturated carbocycles. The summed E-state index contributed by atoms with van der Waals surface area (Å²) in [5.74, 6) is 1.82. The Hall–Kier alpha value is -4.18. The van der Waals surface area contributed by atoms with Gasteiger partial charge in [-0.2, -0.15) is 0 Å². The molecule has 1 aliphatic rings. The second kappa shape index (κ2) is 10.2. The zero-order valence-electron chi connectivity index (χ0n) is 19.5. The Morgan fingerprint density at radius 3 is 2.89 bits per heavy atom. The van der Waals surface area contributed by atoms with Crippen molar-refractivity contribution >= 4 is 34.1 Å². The molecule has 1 aliphatic carbocycles. The third-order valence-corrected chi connectivity index (χ3v) is 7.18. The van der Waals surface area contributed by atoms with E-state index in [1.807, 2.05) is 6.07 Å². The van der Waals surface area contributed by atoms with Gasteiger partial charge in [0.15, 0.2) is 0 Å². The molecule has 1 aromatic carbocycles. The number of nitro groups is 1. The van der Waals surface area contributed by atoms with E-state index in [0.29, 0.717) is 45.7 Å². The summed E-state index contributed by atoms with van der Waals surface area (Å²) in [5.41, 5.74) is 2.07. The molecule has 0 fully saturated rings. The Morgan fingerprint density at radius 1 is 1.25 bits per heavy atom.